The summed E-state index contributed by atoms with van der Waals surface area (Å²) in [4.78, 5) is 0. The van der Waals surface area contributed by atoms with E-state index in [4.69, 9.17) is 4.74 Å². The highest BCUT2D eigenvalue weighted by atomic mass is 16.5. The van der Waals surface area contributed by atoms with Crippen LogP contribution in [0.1, 0.15) is 57.2 Å². The van der Waals surface area contributed by atoms with Crippen LogP contribution in [0.5, 0.6) is 0 Å². The average molecular weight is 247 g/mol. The highest BCUT2D eigenvalue weighted by Gasteiger charge is 2.28. The largest absolute Gasteiger partial charge is 0.378 e. The highest BCUT2D eigenvalue weighted by molar-refractivity contribution is 5.27. The summed E-state index contributed by atoms with van der Waals surface area (Å²) in [6.45, 7) is 10.4. The summed E-state index contributed by atoms with van der Waals surface area (Å²) in [5, 5.41) is 3.65. The van der Waals surface area contributed by atoms with Gasteiger partial charge in [0, 0.05) is 5.54 Å². The minimum Gasteiger partial charge on any atom is -0.378 e. The molecule has 100 valence electrons. The standard InChI is InChI=1S/C16H25NO/c1-5-12(2)13-6-8-14(9-7-13)15-10-18-11-16(3,4)17-15/h6-9,12,15,17H,5,10-11H2,1-4H3. The Morgan fingerprint density at radius 3 is 2.56 bits per heavy atom. The van der Waals surface area contributed by atoms with Crippen molar-refractivity contribution in [1.29, 1.82) is 0 Å². The van der Waals surface area contributed by atoms with E-state index in [-0.39, 0.29) is 5.54 Å². The number of ether oxygens (including phenoxy) is 1. The second kappa shape index (κ2) is 5.41. The Balaban J connectivity index is 2.09. The molecule has 0 radical (unpaired) electrons. The number of hydrogen-bond donors (Lipinski definition) is 1. The number of nitrogens with one attached hydrogen (secondary N) is 1. The summed E-state index contributed by atoms with van der Waals surface area (Å²) in [6, 6.07) is 9.31. The Labute approximate surface area is 111 Å². The van der Waals surface area contributed by atoms with E-state index in [0.717, 1.165) is 13.2 Å². The third-order valence-corrected chi connectivity index (χ3v) is 3.83. The number of benzene rings is 1. The van der Waals surface area contributed by atoms with Gasteiger partial charge in [0.25, 0.3) is 0 Å². The Morgan fingerprint density at radius 2 is 2.00 bits per heavy atom. The molecule has 1 aliphatic heterocycles. The summed E-state index contributed by atoms with van der Waals surface area (Å²) in [7, 11) is 0. The molecule has 0 aliphatic carbocycles. The first-order valence-electron chi connectivity index (χ1n) is 6.97. The summed E-state index contributed by atoms with van der Waals surface area (Å²) in [5.74, 6) is 0.644. The summed E-state index contributed by atoms with van der Waals surface area (Å²) in [6.07, 6.45) is 1.19. The van der Waals surface area contributed by atoms with Crippen molar-refractivity contribution in [3.05, 3.63) is 35.4 Å². The molecular formula is C16H25NO. The van der Waals surface area contributed by atoms with E-state index in [9.17, 15) is 0 Å². The highest BCUT2D eigenvalue weighted by Crippen LogP contribution is 2.25. The van der Waals surface area contributed by atoms with Crippen LogP contribution in [0.3, 0.4) is 0 Å². The van der Waals surface area contributed by atoms with Crippen molar-refractivity contribution in [3.8, 4) is 0 Å². The van der Waals surface area contributed by atoms with E-state index in [1.165, 1.54) is 17.5 Å². The Bertz CT molecular complexity index is 383. The van der Waals surface area contributed by atoms with Crippen LogP contribution in [0.2, 0.25) is 0 Å². The molecular weight excluding hydrogens is 222 g/mol. The van der Waals surface area contributed by atoms with Crippen molar-refractivity contribution in [2.45, 2.75) is 51.6 Å². The van der Waals surface area contributed by atoms with Crippen molar-refractivity contribution in [2.75, 3.05) is 13.2 Å². The normalized spacial score (nSPS) is 24.8. The molecule has 0 saturated carbocycles. The lowest BCUT2D eigenvalue weighted by atomic mass is 9.94. The molecule has 2 rings (SSSR count). The number of rotatable bonds is 3. The molecule has 0 bridgehead atoms. The van der Waals surface area contributed by atoms with Gasteiger partial charge < -0.3 is 10.1 Å². The van der Waals surface area contributed by atoms with Gasteiger partial charge in [0.15, 0.2) is 0 Å². The SMILES string of the molecule is CCC(C)c1ccc(C2COCC(C)(C)N2)cc1. The molecule has 1 saturated heterocycles. The average Bonchev–Trinajstić information content (AvgIpc) is 2.37. The Kier molecular flexibility index (Phi) is 4.08. The second-order valence-corrected chi connectivity index (χ2v) is 6.07. The van der Waals surface area contributed by atoms with Crippen molar-refractivity contribution in [2.24, 2.45) is 0 Å². The van der Waals surface area contributed by atoms with Crippen LogP contribution < -0.4 is 5.32 Å². The van der Waals surface area contributed by atoms with Crippen LogP contribution in [0, 0.1) is 0 Å². The molecule has 0 aromatic heterocycles. The predicted octanol–water partition coefficient (Wildman–Crippen LogP) is 3.64. The van der Waals surface area contributed by atoms with Crippen LogP contribution in [0.25, 0.3) is 0 Å². The molecule has 1 aromatic rings. The summed E-state index contributed by atoms with van der Waals surface area (Å²) >= 11 is 0. The summed E-state index contributed by atoms with van der Waals surface area (Å²) < 4.78 is 5.69. The molecule has 2 unspecified atom stereocenters. The molecule has 2 nitrogen and oxygen atoms in total. The van der Waals surface area contributed by atoms with Gasteiger partial charge >= 0.3 is 0 Å². The fourth-order valence-electron chi connectivity index (χ4n) is 2.46. The smallest absolute Gasteiger partial charge is 0.0662 e. The fourth-order valence-corrected chi connectivity index (χ4v) is 2.46. The lowest BCUT2D eigenvalue weighted by Crippen LogP contribution is -2.51. The maximum Gasteiger partial charge on any atom is 0.0662 e. The maximum absolute atomic E-state index is 5.69. The zero-order valence-corrected chi connectivity index (χ0v) is 12.0. The first kappa shape index (κ1) is 13.6. The van der Waals surface area contributed by atoms with Crippen molar-refractivity contribution in [3.63, 3.8) is 0 Å². The van der Waals surface area contributed by atoms with E-state index in [1.807, 2.05) is 0 Å². The minimum absolute atomic E-state index is 0.0678. The molecule has 0 amide bonds. The first-order valence-corrected chi connectivity index (χ1v) is 6.97. The topological polar surface area (TPSA) is 21.3 Å². The van der Waals surface area contributed by atoms with Crippen LogP contribution >= 0.6 is 0 Å². The molecule has 1 aliphatic rings. The quantitative estimate of drug-likeness (QED) is 0.880. The van der Waals surface area contributed by atoms with E-state index >= 15 is 0 Å². The zero-order chi connectivity index (χ0) is 13.2. The van der Waals surface area contributed by atoms with Gasteiger partial charge in [0.2, 0.25) is 0 Å². The van der Waals surface area contributed by atoms with Gasteiger partial charge in [0.05, 0.1) is 19.3 Å². The van der Waals surface area contributed by atoms with Gasteiger partial charge in [-0.2, -0.15) is 0 Å². The van der Waals surface area contributed by atoms with Crippen molar-refractivity contribution >= 4 is 0 Å². The molecule has 0 spiro atoms. The van der Waals surface area contributed by atoms with Crippen molar-refractivity contribution in [1.82, 2.24) is 5.32 Å². The van der Waals surface area contributed by atoms with Gasteiger partial charge in [-0.1, -0.05) is 38.1 Å². The molecule has 18 heavy (non-hydrogen) atoms. The number of morpholine rings is 1. The van der Waals surface area contributed by atoms with Gasteiger partial charge in [0.1, 0.15) is 0 Å². The first-order chi connectivity index (χ1) is 8.52. The lowest BCUT2D eigenvalue weighted by molar-refractivity contribution is 0.0127. The van der Waals surface area contributed by atoms with E-state index < -0.39 is 0 Å². The van der Waals surface area contributed by atoms with Gasteiger partial charge in [-0.25, -0.2) is 0 Å². The monoisotopic (exact) mass is 247 g/mol. The molecule has 1 fully saturated rings. The zero-order valence-electron chi connectivity index (χ0n) is 12.0. The second-order valence-electron chi connectivity index (χ2n) is 6.07. The maximum atomic E-state index is 5.69. The van der Waals surface area contributed by atoms with Crippen LogP contribution in [0.15, 0.2) is 24.3 Å². The minimum atomic E-state index is 0.0678. The molecule has 1 heterocycles. The molecule has 2 heteroatoms. The fraction of sp³-hybridized carbons (Fsp3) is 0.625. The van der Waals surface area contributed by atoms with E-state index in [0.29, 0.717) is 12.0 Å². The lowest BCUT2D eigenvalue weighted by Gasteiger charge is -2.37. The summed E-state index contributed by atoms with van der Waals surface area (Å²) in [5.41, 5.74) is 2.82. The molecule has 1 N–H and O–H groups in total. The van der Waals surface area contributed by atoms with E-state index in [2.05, 4.69) is 57.3 Å². The Hall–Kier alpha value is -0.860. The molecule has 2 atom stereocenters. The van der Waals surface area contributed by atoms with E-state index in [1.54, 1.807) is 0 Å². The van der Waals surface area contributed by atoms with Crippen molar-refractivity contribution < 1.29 is 4.74 Å². The van der Waals surface area contributed by atoms with Crippen LogP contribution in [-0.2, 0) is 4.74 Å². The van der Waals surface area contributed by atoms with Crippen LogP contribution in [-0.4, -0.2) is 18.8 Å². The number of hydrogen-bond acceptors (Lipinski definition) is 2. The van der Waals surface area contributed by atoms with Gasteiger partial charge in [-0.05, 0) is 37.3 Å². The predicted molar refractivity (Wildman–Crippen MR) is 75.9 cm³/mol. The Morgan fingerprint density at radius 1 is 1.33 bits per heavy atom. The van der Waals surface area contributed by atoms with Crippen LogP contribution in [0.4, 0.5) is 0 Å². The van der Waals surface area contributed by atoms with Gasteiger partial charge in [-0.15, -0.1) is 0 Å². The third kappa shape index (κ3) is 3.12. The molecule has 1 aromatic carbocycles. The van der Waals surface area contributed by atoms with Gasteiger partial charge in [-0.3, -0.25) is 0 Å². The third-order valence-electron chi connectivity index (χ3n) is 3.83.